The van der Waals surface area contributed by atoms with E-state index in [0.717, 1.165) is 39.7 Å². The Morgan fingerprint density at radius 3 is 1.82 bits per heavy atom. The minimum Gasteiger partial charge on any atom is -0.294 e. The molecule has 0 amide bonds. The lowest BCUT2D eigenvalue weighted by atomic mass is 9.82. The Balaban J connectivity index is 1.46. The number of pyridine rings is 1. The van der Waals surface area contributed by atoms with Crippen LogP contribution in [0.2, 0.25) is 0 Å². The van der Waals surface area contributed by atoms with Crippen LogP contribution in [0.25, 0.3) is 72.3 Å². The highest BCUT2D eigenvalue weighted by atomic mass is 15.3. The monoisotopic (exact) mass is 635 g/mol. The van der Waals surface area contributed by atoms with Gasteiger partial charge in [-0.15, -0.1) is 0 Å². The van der Waals surface area contributed by atoms with Crippen molar-refractivity contribution in [1.29, 1.82) is 0 Å². The van der Waals surface area contributed by atoms with Crippen LogP contribution in [0.5, 0.6) is 0 Å². The number of imidazole rings is 1. The minimum atomic E-state index is -0.197. The van der Waals surface area contributed by atoms with E-state index < -0.39 is 0 Å². The molecule has 0 atom stereocenters. The van der Waals surface area contributed by atoms with Gasteiger partial charge in [-0.05, 0) is 71.3 Å². The molecule has 0 aliphatic heterocycles. The molecule has 238 valence electrons. The number of nitrogens with zero attached hydrogens (tertiary/aromatic N) is 5. The van der Waals surface area contributed by atoms with Gasteiger partial charge in [0.1, 0.15) is 5.65 Å². The summed E-state index contributed by atoms with van der Waals surface area (Å²) in [5.74, 6) is 0.823. The molecule has 0 saturated carbocycles. The molecule has 5 aromatic carbocycles. The molecule has 4 aromatic heterocycles. The van der Waals surface area contributed by atoms with Crippen molar-refractivity contribution in [3.05, 3.63) is 150 Å². The largest absolute Gasteiger partial charge is 0.294 e. The lowest BCUT2D eigenvalue weighted by Crippen LogP contribution is -2.14. The third kappa shape index (κ3) is 4.39. The Morgan fingerprint density at radius 2 is 1.14 bits per heavy atom. The van der Waals surface area contributed by atoms with Gasteiger partial charge in [-0.1, -0.05) is 118 Å². The van der Waals surface area contributed by atoms with Crippen molar-refractivity contribution in [2.75, 3.05) is 0 Å². The second kappa shape index (κ2) is 10.8. The zero-order valence-electron chi connectivity index (χ0n) is 28.4. The SMILES string of the molecule is Cc1cccc(C)c1-n1ccnc1-n1c2ccccc2c2c(C(C)(C)C)c3c4ccccc4n(-c4cccc(-c5ccccc5)c4)c3nc21. The Morgan fingerprint density at radius 1 is 0.571 bits per heavy atom. The summed E-state index contributed by atoms with van der Waals surface area (Å²) in [6.45, 7) is 11.3. The predicted molar refractivity (Wildman–Crippen MR) is 204 cm³/mol. The first-order valence-electron chi connectivity index (χ1n) is 16.9. The van der Waals surface area contributed by atoms with Gasteiger partial charge < -0.3 is 0 Å². The second-order valence-corrected chi connectivity index (χ2v) is 14.1. The fraction of sp³-hybridized carbons (Fsp3) is 0.136. The van der Waals surface area contributed by atoms with E-state index >= 15 is 0 Å². The molecule has 0 fully saturated rings. The van der Waals surface area contributed by atoms with E-state index in [9.17, 15) is 0 Å². The van der Waals surface area contributed by atoms with Crippen molar-refractivity contribution in [2.24, 2.45) is 0 Å². The smallest absolute Gasteiger partial charge is 0.220 e. The molecule has 0 saturated heterocycles. The zero-order chi connectivity index (χ0) is 33.4. The average molecular weight is 636 g/mol. The average Bonchev–Trinajstić information content (AvgIpc) is 3.79. The van der Waals surface area contributed by atoms with Crippen molar-refractivity contribution in [3.63, 3.8) is 0 Å². The zero-order valence-corrected chi connectivity index (χ0v) is 28.4. The summed E-state index contributed by atoms with van der Waals surface area (Å²) in [4.78, 5) is 10.8. The maximum atomic E-state index is 5.71. The maximum absolute atomic E-state index is 5.71. The Kier molecular flexibility index (Phi) is 6.44. The molecule has 9 rings (SSSR count). The van der Waals surface area contributed by atoms with Gasteiger partial charge in [-0.25, -0.2) is 9.97 Å². The molecule has 5 nitrogen and oxygen atoms in total. The summed E-state index contributed by atoms with van der Waals surface area (Å²) in [5.41, 5.74) is 12.2. The summed E-state index contributed by atoms with van der Waals surface area (Å²) in [5, 5.41) is 4.75. The van der Waals surface area contributed by atoms with Crippen molar-refractivity contribution in [1.82, 2.24) is 23.7 Å². The Hall–Kier alpha value is -5.94. The van der Waals surface area contributed by atoms with Crippen LogP contribution in [0.15, 0.2) is 134 Å². The number of aryl methyl sites for hydroxylation is 2. The number of hydrogen-bond donors (Lipinski definition) is 0. The molecule has 0 aliphatic rings. The first-order chi connectivity index (χ1) is 23.8. The fourth-order valence-corrected chi connectivity index (χ4v) is 7.87. The lowest BCUT2D eigenvalue weighted by Gasteiger charge is -2.22. The van der Waals surface area contributed by atoms with Crippen molar-refractivity contribution >= 4 is 43.9 Å². The molecule has 0 radical (unpaired) electrons. The highest BCUT2D eigenvalue weighted by Crippen LogP contribution is 2.45. The van der Waals surface area contributed by atoms with E-state index in [4.69, 9.17) is 9.97 Å². The van der Waals surface area contributed by atoms with Crippen LogP contribution < -0.4 is 0 Å². The molecule has 0 unspecified atom stereocenters. The molecule has 0 aliphatic carbocycles. The number of aromatic nitrogens is 5. The Bertz CT molecular complexity index is 2690. The number of fused-ring (bicyclic) bond motifs is 6. The summed E-state index contributed by atoms with van der Waals surface area (Å²) in [7, 11) is 0. The van der Waals surface area contributed by atoms with Crippen LogP contribution in [0.4, 0.5) is 0 Å². The number of rotatable bonds is 4. The first-order valence-corrected chi connectivity index (χ1v) is 16.9. The molecular weight excluding hydrogens is 599 g/mol. The summed E-state index contributed by atoms with van der Waals surface area (Å²) < 4.78 is 6.84. The summed E-state index contributed by atoms with van der Waals surface area (Å²) in [6, 6.07) is 43.3. The van der Waals surface area contributed by atoms with E-state index in [1.54, 1.807) is 0 Å². The van der Waals surface area contributed by atoms with E-state index in [1.807, 2.05) is 6.20 Å². The van der Waals surface area contributed by atoms with Gasteiger partial charge in [-0.3, -0.25) is 13.7 Å². The fourth-order valence-electron chi connectivity index (χ4n) is 7.87. The van der Waals surface area contributed by atoms with E-state index in [-0.39, 0.29) is 5.41 Å². The normalized spacial score (nSPS) is 12.2. The third-order valence-corrected chi connectivity index (χ3v) is 9.87. The number of benzene rings is 5. The standard InChI is InChI=1S/C44H37N5/c1-28-15-13-16-29(2)40(28)47-26-25-45-43(47)49-36-24-12-10-22-34(36)38-39(44(3,4)5)37-33-21-9-11-23-35(33)48(41(37)46-42(38)49)32-20-14-19-31(27-32)30-17-7-6-8-18-30/h6-27H,1-5H3. The number of hydrogen-bond acceptors (Lipinski definition) is 2. The van der Waals surface area contributed by atoms with Gasteiger partial charge in [-0.2, -0.15) is 0 Å². The quantitative estimate of drug-likeness (QED) is 0.193. The summed E-state index contributed by atoms with van der Waals surface area (Å²) >= 11 is 0. The van der Waals surface area contributed by atoms with Gasteiger partial charge >= 0.3 is 0 Å². The molecule has 0 bridgehead atoms. The van der Waals surface area contributed by atoms with Crippen LogP contribution >= 0.6 is 0 Å². The molecule has 0 spiro atoms. The lowest BCUT2D eigenvalue weighted by molar-refractivity contribution is 0.601. The van der Waals surface area contributed by atoms with Crippen molar-refractivity contribution in [2.45, 2.75) is 40.0 Å². The van der Waals surface area contributed by atoms with Crippen LogP contribution in [0.3, 0.4) is 0 Å². The predicted octanol–water partition coefficient (Wildman–Crippen LogP) is 11.0. The van der Waals surface area contributed by atoms with Crippen LogP contribution in [0, 0.1) is 13.8 Å². The molecule has 4 heterocycles. The van der Waals surface area contributed by atoms with E-state index in [0.29, 0.717) is 0 Å². The second-order valence-electron chi connectivity index (χ2n) is 14.1. The van der Waals surface area contributed by atoms with Gasteiger partial charge in [0, 0.05) is 39.6 Å². The maximum Gasteiger partial charge on any atom is 0.220 e. The molecule has 49 heavy (non-hydrogen) atoms. The van der Waals surface area contributed by atoms with Crippen LogP contribution in [-0.2, 0) is 5.41 Å². The van der Waals surface area contributed by atoms with Gasteiger partial charge in [0.05, 0.1) is 16.7 Å². The highest BCUT2D eigenvalue weighted by Gasteiger charge is 2.30. The highest BCUT2D eigenvalue weighted by molar-refractivity contribution is 6.20. The van der Waals surface area contributed by atoms with Gasteiger partial charge in [0.2, 0.25) is 5.95 Å². The van der Waals surface area contributed by atoms with Gasteiger partial charge in [0.25, 0.3) is 0 Å². The minimum absolute atomic E-state index is 0.197. The van der Waals surface area contributed by atoms with Crippen LogP contribution in [0.1, 0.15) is 37.5 Å². The molecule has 9 aromatic rings. The topological polar surface area (TPSA) is 40.6 Å². The molecule has 0 N–H and O–H groups in total. The van der Waals surface area contributed by atoms with Crippen molar-refractivity contribution < 1.29 is 0 Å². The molecular formula is C44H37N5. The van der Waals surface area contributed by atoms with Crippen LogP contribution in [-0.4, -0.2) is 23.7 Å². The number of para-hydroxylation sites is 3. The third-order valence-electron chi connectivity index (χ3n) is 9.87. The molecule has 5 heteroatoms. The summed E-state index contributed by atoms with van der Waals surface area (Å²) in [6.07, 6.45) is 3.97. The van der Waals surface area contributed by atoms with E-state index in [2.05, 4.69) is 176 Å². The van der Waals surface area contributed by atoms with E-state index in [1.165, 1.54) is 49.4 Å². The van der Waals surface area contributed by atoms with Gasteiger partial charge in [0.15, 0.2) is 5.65 Å². The Labute approximate surface area is 285 Å². The first kappa shape index (κ1) is 29.2. The van der Waals surface area contributed by atoms with Crippen molar-refractivity contribution in [3.8, 4) is 28.5 Å².